The molecule has 1 aromatic heterocycles. The van der Waals surface area contributed by atoms with E-state index in [-0.39, 0.29) is 11.3 Å². The van der Waals surface area contributed by atoms with E-state index in [1.165, 1.54) is 26.2 Å². The molecule has 0 unspecified atom stereocenters. The number of hydrogen-bond acceptors (Lipinski definition) is 5. The van der Waals surface area contributed by atoms with Crippen molar-refractivity contribution in [3.63, 3.8) is 0 Å². The molecule has 120 valence electrons. The summed E-state index contributed by atoms with van der Waals surface area (Å²) in [4.78, 5) is 35.2. The summed E-state index contributed by atoms with van der Waals surface area (Å²) in [6, 6.07) is 7.95. The Hall–Kier alpha value is -2.89. The van der Waals surface area contributed by atoms with Crippen molar-refractivity contribution in [3.8, 4) is 0 Å². The largest absolute Gasteiger partial charge is 0.469 e. The van der Waals surface area contributed by atoms with E-state index in [2.05, 4.69) is 5.32 Å². The summed E-state index contributed by atoms with van der Waals surface area (Å²) >= 11 is 0. The molecule has 2 rings (SSSR count). The second-order valence-corrected chi connectivity index (χ2v) is 5.06. The summed E-state index contributed by atoms with van der Waals surface area (Å²) in [6.45, 7) is 4.58. The Morgan fingerprint density at radius 2 is 1.78 bits per heavy atom. The summed E-state index contributed by atoms with van der Waals surface area (Å²) < 4.78 is 10.1. The molecule has 0 bridgehead atoms. The number of ether oxygens (including phenoxy) is 1. The van der Waals surface area contributed by atoms with Crippen LogP contribution in [0.3, 0.4) is 0 Å². The molecule has 1 N–H and O–H groups in total. The maximum absolute atomic E-state index is 12.0. The van der Waals surface area contributed by atoms with Gasteiger partial charge in [0.1, 0.15) is 11.3 Å². The fourth-order valence-corrected chi connectivity index (χ4v) is 1.91. The third-order valence-electron chi connectivity index (χ3n) is 3.29. The molecular formula is C17H17NO5. The van der Waals surface area contributed by atoms with Gasteiger partial charge in [-0.1, -0.05) is 0 Å². The third-order valence-corrected chi connectivity index (χ3v) is 3.29. The number of aryl methyl sites for hydroxylation is 1. The number of carbonyl (C=O) groups is 3. The van der Waals surface area contributed by atoms with Gasteiger partial charge in [-0.25, -0.2) is 4.79 Å². The van der Waals surface area contributed by atoms with Gasteiger partial charge in [0.25, 0.3) is 5.91 Å². The van der Waals surface area contributed by atoms with Gasteiger partial charge in [-0.3, -0.25) is 9.59 Å². The first-order valence-electron chi connectivity index (χ1n) is 7.05. The van der Waals surface area contributed by atoms with Gasteiger partial charge in [-0.15, -0.1) is 0 Å². The smallest absolute Gasteiger partial charge is 0.342 e. The van der Waals surface area contributed by atoms with Crippen molar-refractivity contribution in [3.05, 3.63) is 53.5 Å². The summed E-state index contributed by atoms with van der Waals surface area (Å²) in [6.07, 6.45) is 0.414. The Morgan fingerprint density at radius 3 is 2.30 bits per heavy atom. The second-order valence-electron chi connectivity index (χ2n) is 5.06. The molecule has 6 heteroatoms. The fraction of sp³-hybridized carbons (Fsp3) is 0.235. The first kappa shape index (κ1) is 16.5. The van der Waals surface area contributed by atoms with E-state index in [1.54, 1.807) is 31.2 Å². The first-order chi connectivity index (χ1) is 10.9. The predicted octanol–water partition coefficient (Wildman–Crippen LogP) is 2.97. The van der Waals surface area contributed by atoms with Crippen LogP contribution in [0.4, 0.5) is 5.69 Å². The van der Waals surface area contributed by atoms with Crippen LogP contribution in [0, 0.1) is 6.92 Å². The summed E-state index contributed by atoms with van der Waals surface area (Å²) in [5, 5.41) is 2.62. The molecule has 0 saturated heterocycles. The van der Waals surface area contributed by atoms with Crippen molar-refractivity contribution in [1.82, 2.24) is 0 Å². The lowest BCUT2D eigenvalue weighted by Gasteiger charge is -2.13. The Morgan fingerprint density at radius 1 is 1.13 bits per heavy atom. The maximum Gasteiger partial charge on any atom is 0.342 e. The Kier molecular flexibility index (Phi) is 4.95. The van der Waals surface area contributed by atoms with E-state index in [4.69, 9.17) is 9.15 Å². The number of hydrogen-bond donors (Lipinski definition) is 1. The molecule has 1 aromatic carbocycles. The second kappa shape index (κ2) is 6.91. The van der Waals surface area contributed by atoms with Crippen molar-refractivity contribution in [1.29, 1.82) is 0 Å². The lowest BCUT2D eigenvalue weighted by atomic mass is 10.1. The Balaban J connectivity index is 1.96. The minimum absolute atomic E-state index is 0.0549. The van der Waals surface area contributed by atoms with E-state index in [0.29, 0.717) is 17.0 Å². The maximum atomic E-state index is 12.0. The van der Waals surface area contributed by atoms with Crippen molar-refractivity contribution in [2.24, 2.45) is 0 Å². The zero-order valence-corrected chi connectivity index (χ0v) is 13.1. The molecule has 6 nitrogen and oxygen atoms in total. The average Bonchev–Trinajstić information content (AvgIpc) is 2.93. The highest BCUT2D eigenvalue weighted by Crippen LogP contribution is 2.13. The number of esters is 1. The van der Waals surface area contributed by atoms with Crippen LogP contribution in [0.15, 0.2) is 41.0 Å². The number of ketones is 1. The van der Waals surface area contributed by atoms with Crippen LogP contribution in [0.1, 0.15) is 40.3 Å². The zero-order valence-electron chi connectivity index (χ0n) is 13.1. The number of amides is 1. The summed E-state index contributed by atoms with van der Waals surface area (Å²) in [5.41, 5.74) is 1.36. The lowest BCUT2D eigenvalue weighted by molar-refractivity contribution is -0.123. The van der Waals surface area contributed by atoms with Gasteiger partial charge in [0.05, 0.1) is 6.26 Å². The molecule has 0 aliphatic carbocycles. The van der Waals surface area contributed by atoms with E-state index in [9.17, 15) is 14.4 Å². The molecule has 23 heavy (non-hydrogen) atoms. The molecule has 0 aliphatic rings. The molecule has 0 radical (unpaired) electrons. The number of Topliss-reactive ketones (excluding diaryl/α,β-unsaturated/α-hetero) is 1. The Labute approximate surface area is 133 Å². The SMILES string of the molecule is CC(=O)c1ccc(NC(=O)[C@H](C)OC(=O)c2ccoc2C)cc1. The predicted molar refractivity (Wildman–Crippen MR) is 83.4 cm³/mol. The van der Waals surface area contributed by atoms with Gasteiger partial charge in [-0.2, -0.15) is 0 Å². The monoisotopic (exact) mass is 315 g/mol. The number of nitrogens with one attached hydrogen (secondary N) is 1. The molecule has 2 aromatic rings. The van der Waals surface area contributed by atoms with Crippen molar-refractivity contribution in [2.75, 3.05) is 5.32 Å². The molecule has 1 atom stereocenters. The van der Waals surface area contributed by atoms with E-state index in [0.717, 1.165) is 0 Å². The summed E-state index contributed by atoms with van der Waals surface area (Å²) in [7, 11) is 0. The first-order valence-corrected chi connectivity index (χ1v) is 7.05. The zero-order chi connectivity index (χ0) is 17.0. The lowest BCUT2D eigenvalue weighted by Crippen LogP contribution is -2.30. The standard InChI is InChI=1S/C17H17NO5/c1-10(19)13-4-6-14(7-5-13)18-16(20)12(3)23-17(21)15-8-9-22-11(15)2/h4-9,12H,1-3H3,(H,18,20)/t12-/m0/s1. The fourth-order valence-electron chi connectivity index (χ4n) is 1.91. The quantitative estimate of drug-likeness (QED) is 0.677. The molecule has 1 heterocycles. The van der Waals surface area contributed by atoms with Gasteiger partial charge in [0.15, 0.2) is 11.9 Å². The van der Waals surface area contributed by atoms with Crippen molar-refractivity contribution in [2.45, 2.75) is 26.9 Å². The van der Waals surface area contributed by atoms with Crippen LogP contribution < -0.4 is 5.32 Å². The van der Waals surface area contributed by atoms with Gasteiger partial charge in [0.2, 0.25) is 0 Å². The van der Waals surface area contributed by atoms with Gasteiger partial charge >= 0.3 is 5.97 Å². The van der Waals surface area contributed by atoms with Crippen LogP contribution in [-0.4, -0.2) is 23.8 Å². The van der Waals surface area contributed by atoms with Crippen LogP contribution in [0.5, 0.6) is 0 Å². The summed E-state index contributed by atoms with van der Waals surface area (Å²) in [5.74, 6) is -0.705. The van der Waals surface area contributed by atoms with Crippen molar-refractivity contribution < 1.29 is 23.5 Å². The highest BCUT2D eigenvalue weighted by atomic mass is 16.5. The average molecular weight is 315 g/mol. The molecule has 0 aliphatic heterocycles. The van der Waals surface area contributed by atoms with Gasteiger partial charge < -0.3 is 14.5 Å². The minimum Gasteiger partial charge on any atom is -0.469 e. The molecule has 1 amide bonds. The third kappa shape index (κ3) is 4.06. The molecule has 0 saturated carbocycles. The van der Waals surface area contributed by atoms with Crippen LogP contribution in [0.2, 0.25) is 0 Å². The molecule has 0 spiro atoms. The van der Waals surface area contributed by atoms with Crippen LogP contribution in [-0.2, 0) is 9.53 Å². The molecule has 0 fully saturated rings. The highest BCUT2D eigenvalue weighted by molar-refractivity contribution is 5.98. The number of rotatable bonds is 5. The van der Waals surface area contributed by atoms with E-state index >= 15 is 0 Å². The number of carbonyl (C=O) groups excluding carboxylic acids is 3. The Bertz CT molecular complexity index is 730. The van der Waals surface area contributed by atoms with Crippen molar-refractivity contribution >= 4 is 23.3 Å². The van der Waals surface area contributed by atoms with E-state index < -0.39 is 18.0 Å². The van der Waals surface area contributed by atoms with E-state index in [1.807, 2.05) is 0 Å². The molecular weight excluding hydrogens is 298 g/mol. The normalized spacial score (nSPS) is 11.6. The topological polar surface area (TPSA) is 85.6 Å². The number of furan rings is 1. The number of benzene rings is 1. The van der Waals surface area contributed by atoms with Crippen LogP contribution >= 0.6 is 0 Å². The number of anilines is 1. The highest BCUT2D eigenvalue weighted by Gasteiger charge is 2.21. The minimum atomic E-state index is -0.968. The van der Waals surface area contributed by atoms with Crippen LogP contribution in [0.25, 0.3) is 0 Å². The van der Waals surface area contributed by atoms with Gasteiger partial charge in [-0.05, 0) is 51.1 Å². The van der Waals surface area contributed by atoms with Gasteiger partial charge in [0, 0.05) is 11.3 Å².